The Balaban J connectivity index is 1.23. The Hall–Kier alpha value is -1.14. The lowest BCUT2D eigenvalue weighted by molar-refractivity contribution is -0.136. The van der Waals surface area contributed by atoms with Crippen LogP contribution in [0.4, 0.5) is 0 Å². The van der Waals surface area contributed by atoms with Crippen LogP contribution >= 0.6 is 0 Å². The van der Waals surface area contributed by atoms with E-state index in [4.69, 9.17) is 5.73 Å². The molecule has 1 unspecified atom stereocenters. The summed E-state index contributed by atoms with van der Waals surface area (Å²) >= 11 is 0. The number of nitrogens with zero attached hydrogens (tertiary/aromatic N) is 3. The minimum absolute atomic E-state index is 0.135. The number of amides is 2. The molecule has 0 bridgehead atoms. The molecule has 1 atom stereocenters. The van der Waals surface area contributed by atoms with Crippen LogP contribution in [0.1, 0.15) is 70.6 Å². The van der Waals surface area contributed by atoms with Gasteiger partial charge in [0.25, 0.3) is 0 Å². The van der Waals surface area contributed by atoms with Crippen LogP contribution in [0.2, 0.25) is 0 Å². The predicted molar refractivity (Wildman–Crippen MR) is 119 cm³/mol. The maximum absolute atomic E-state index is 13.2. The van der Waals surface area contributed by atoms with Gasteiger partial charge in [-0.1, -0.05) is 32.1 Å². The van der Waals surface area contributed by atoms with Crippen LogP contribution in [-0.2, 0) is 9.59 Å². The third-order valence-electron chi connectivity index (χ3n) is 8.39. The predicted octanol–water partition coefficient (Wildman–Crippen LogP) is 2.47. The first-order chi connectivity index (χ1) is 14.5. The standard InChI is InChI=1S/C24H42N4O2/c25-22(29)17-26-14-8-21(9-15-26)23(30)28-16-11-24(19-28)10-4-12-27(18-24)13-7-20-5-2-1-3-6-20/h20-21H,1-19H2,(H2,25,29). The van der Waals surface area contributed by atoms with Gasteiger partial charge in [-0.3, -0.25) is 14.5 Å². The van der Waals surface area contributed by atoms with Gasteiger partial charge in [0.2, 0.25) is 11.8 Å². The van der Waals surface area contributed by atoms with Crippen LogP contribution in [0, 0.1) is 17.3 Å². The van der Waals surface area contributed by atoms with Gasteiger partial charge in [-0.15, -0.1) is 0 Å². The van der Waals surface area contributed by atoms with E-state index >= 15 is 0 Å². The Morgan fingerprint density at radius 1 is 0.833 bits per heavy atom. The van der Waals surface area contributed by atoms with Crippen LogP contribution in [0.3, 0.4) is 0 Å². The first-order valence-electron chi connectivity index (χ1n) is 12.5. The molecule has 30 heavy (non-hydrogen) atoms. The van der Waals surface area contributed by atoms with Gasteiger partial charge in [0.15, 0.2) is 0 Å². The third-order valence-corrected chi connectivity index (χ3v) is 8.39. The van der Waals surface area contributed by atoms with Crippen molar-refractivity contribution >= 4 is 11.8 Å². The highest BCUT2D eigenvalue weighted by Crippen LogP contribution is 2.40. The van der Waals surface area contributed by atoms with Crippen molar-refractivity contribution in [3.8, 4) is 0 Å². The molecule has 0 aromatic heterocycles. The minimum Gasteiger partial charge on any atom is -0.369 e. The molecule has 1 aliphatic carbocycles. The SMILES string of the molecule is NC(=O)CN1CCC(C(=O)N2CCC3(CCCN(CCC4CCCCC4)C3)C2)CC1. The van der Waals surface area contributed by atoms with Gasteiger partial charge in [0.05, 0.1) is 6.54 Å². The van der Waals surface area contributed by atoms with Crippen molar-refractivity contribution in [2.45, 2.75) is 70.6 Å². The zero-order valence-electron chi connectivity index (χ0n) is 18.8. The first kappa shape index (κ1) is 22.1. The van der Waals surface area contributed by atoms with Gasteiger partial charge in [0.1, 0.15) is 0 Å². The van der Waals surface area contributed by atoms with E-state index in [0.29, 0.717) is 17.9 Å². The monoisotopic (exact) mass is 418 g/mol. The van der Waals surface area contributed by atoms with E-state index in [2.05, 4.69) is 14.7 Å². The third kappa shape index (κ3) is 5.56. The second-order valence-electron chi connectivity index (χ2n) is 10.7. The number of likely N-dealkylation sites (tertiary alicyclic amines) is 3. The molecule has 2 N–H and O–H groups in total. The van der Waals surface area contributed by atoms with Crippen LogP contribution in [-0.4, -0.2) is 78.9 Å². The number of hydrogen-bond donors (Lipinski definition) is 1. The molecule has 4 aliphatic rings. The molecule has 1 saturated carbocycles. The first-order valence-corrected chi connectivity index (χ1v) is 12.5. The van der Waals surface area contributed by atoms with E-state index in [-0.39, 0.29) is 11.8 Å². The van der Waals surface area contributed by atoms with Crippen molar-refractivity contribution in [3.05, 3.63) is 0 Å². The fourth-order valence-corrected chi connectivity index (χ4v) is 6.61. The molecule has 6 nitrogen and oxygen atoms in total. The highest BCUT2D eigenvalue weighted by molar-refractivity contribution is 5.79. The molecular formula is C24H42N4O2. The highest BCUT2D eigenvalue weighted by Gasteiger charge is 2.44. The summed E-state index contributed by atoms with van der Waals surface area (Å²) in [5.74, 6) is 1.19. The van der Waals surface area contributed by atoms with Gasteiger partial charge in [-0.2, -0.15) is 0 Å². The van der Waals surface area contributed by atoms with Gasteiger partial charge in [0, 0.05) is 31.0 Å². The van der Waals surface area contributed by atoms with E-state index in [1.54, 1.807) is 0 Å². The molecule has 0 aromatic carbocycles. The molecule has 3 saturated heterocycles. The fraction of sp³-hybridized carbons (Fsp3) is 0.917. The van der Waals surface area contributed by atoms with E-state index in [9.17, 15) is 9.59 Å². The van der Waals surface area contributed by atoms with Crippen molar-refractivity contribution in [3.63, 3.8) is 0 Å². The molecule has 170 valence electrons. The normalized spacial score (nSPS) is 30.2. The summed E-state index contributed by atoms with van der Waals surface area (Å²) in [6, 6.07) is 0. The number of hydrogen-bond acceptors (Lipinski definition) is 4. The van der Waals surface area contributed by atoms with Gasteiger partial charge < -0.3 is 15.5 Å². The molecule has 4 fully saturated rings. The van der Waals surface area contributed by atoms with Crippen LogP contribution in [0.5, 0.6) is 0 Å². The molecule has 0 aromatic rings. The molecule has 2 amide bonds. The lowest BCUT2D eigenvalue weighted by Gasteiger charge is -2.41. The van der Waals surface area contributed by atoms with Crippen molar-refractivity contribution in [1.29, 1.82) is 0 Å². The molecule has 1 spiro atoms. The summed E-state index contributed by atoms with van der Waals surface area (Å²) in [5, 5.41) is 0. The number of primary amides is 1. The Kier molecular flexibility index (Phi) is 7.35. The molecule has 4 rings (SSSR count). The zero-order valence-corrected chi connectivity index (χ0v) is 18.8. The van der Waals surface area contributed by atoms with Crippen LogP contribution in [0.25, 0.3) is 0 Å². The summed E-state index contributed by atoms with van der Waals surface area (Å²) in [6.45, 7) is 7.56. The number of rotatable bonds is 6. The summed E-state index contributed by atoms with van der Waals surface area (Å²) in [6.07, 6.45) is 14.1. The van der Waals surface area contributed by atoms with Crippen molar-refractivity contribution in [2.75, 3.05) is 52.4 Å². The molecule has 3 heterocycles. The van der Waals surface area contributed by atoms with Gasteiger partial charge >= 0.3 is 0 Å². The zero-order chi connectivity index (χ0) is 21.0. The molecular weight excluding hydrogens is 376 g/mol. The fourth-order valence-electron chi connectivity index (χ4n) is 6.61. The topological polar surface area (TPSA) is 69.9 Å². The largest absolute Gasteiger partial charge is 0.369 e. The maximum atomic E-state index is 13.2. The average molecular weight is 419 g/mol. The van der Waals surface area contributed by atoms with E-state index in [1.807, 2.05) is 0 Å². The summed E-state index contributed by atoms with van der Waals surface area (Å²) in [5.41, 5.74) is 5.65. The summed E-state index contributed by atoms with van der Waals surface area (Å²) in [7, 11) is 0. The Morgan fingerprint density at radius 2 is 1.60 bits per heavy atom. The highest BCUT2D eigenvalue weighted by atomic mass is 16.2. The Morgan fingerprint density at radius 3 is 2.33 bits per heavy atom. The number of carbonyl (C=O) groups is 2. The molecule has 0 radical (unpaired) electrons. The Bertz CT molecular complexity index is 598. The van der Waals surface area contributed by atoms with Crippen molar-refractivity contribution in [1.82, 2.24) is 14.7 Å². The van der Waals surface area contributed by atoms with Crippen molar-refractivity contribution in [2.24, 2.45) is 23.0 Å². The Labute approximate surface area is 182 Å². The smallest absolute Gasteiger partial charge is 0.231 e. The number of nitrogens with two attached hydrogens (primary N) is 1. The number of piperidine rings is 2. The van der Waals surface area contributed by atoms with Crippen LogP contribution in [0.15, 0.2) is 0 Å². The molecule has 3 aliphatic heterocycles. The summed E-state index contributed by atoms with van der Waals surface area (Å²) < 4.78 is 0. The van der Waals surface area contributed by atoms with E-state index in [0.717, 1.165) is 44.9 Å². The second-order valence-corrected chi connectivity index (χ2v) is 10.7. The van der Waals surface area contributed by atoms with Gasteiger partial charge in [-0.25, -0.2) is 0 Å². The number of carbonyl (C=O) groups excluding carboxylic acids is 2. The molecule has 6 heteroatoms. The quantitative estimate of drug-likeness (QED) is 0.719. The van der Waals surface area contributed by atoms with Crippen molar-refractivity contribution < 1.29 is 9.59 Å². The van der Waals surface area contributed by atoms with E-state index in [1.165, 1.54) is 77.4 Å². The minimum atomic E-state index is -0.272. The van der Waals surface area contributed by atoms with Gasteiger partial charge in [-0.05, 0) is 70.6 Å². The average Bonchev–Trinajstić information content (AvgIpc) is 3.16. The second kappa shape index (κ2) is 9.99. The lowest BCUT2D eigenvalue weighted by Crippen LogP contribution is -2.47. The summed E-state index contributed by atoms with van der Waals surface area (Å²) in [4.78, 5) is 31.3. The van der Waals surface area contributed by atoms with Crippen LogP contribution < -0.4 is 5.73 Å². The lowest BCUT2D eigenvalue weighted by atomic mass is 9.79. The maximum Gasteiger partial charge on any atom is 0.231 e. The van der Waals surface area contributed by atoms with E-state index < -0.39 is 0 Å².